The molecule has 0 aliphatic carbocycles. The number of aryl methyl sites for hydroxylation is 2. The smallest absolute Gasteiger partial charge is 0.263 e. The monoisotopic (exact) mass is 482 g/mol. The summed E-state index contributed by atoms with van der Waals surface area (Å²) in [7, 11) is 0. The van der Waals surface area contributed by atoms with Gasteiger partial charge in [-0.1, -0.05) is 30.8 Å². The second-order valence-corrected chi connectivity index (χ2v) is 10.1. The fourth-order valence-electron chi connectivity index (χ4n) is 4.04. The van der Waals surface area contributed by atoms with Crippen LogP contribution in [0.4, 0.5) is 5.69 Å². The van der Waals surface area contributed by atoms with Crippen molar-refractivity contribution in [2.24, 2.45) is 0 Å². The number of benzene rings is 1. The molecule has 2 aromatic heterocycles. The fraction of sp³-hybridized carbons (Fsp3) is 0.417. The Morgan fingerprint density at radius 2 is 2.18 bits per heavy atom. The summed E-state index contributed by atoms with van der Waals surface area (Å²) in [6, 6.07) is 9.33. The van der Waals surface area contributed by atoms with Gasteiger partial charge in [-0.3, -0.25) is 14.2 Å². The number of aromatic nitrogens is 2. The number of hydrogen-bond donors (Lipinski definition) is 1. The molecule has 1 aliphatic heterocycles. The van der Waals surface area contributed by atoms with Crippen LogP contribution in [0.1, 0.15) is 35.8 Å². The quantitative estimate of drug-likeness (QED) is 0.380. The van der Waals surface area contributed by atoms with Gasteiger partial charge in [-0.15, -0.1) is 11.3 Å². The second-order valence-electron chi connectivity index (χ2n) is 7.98. The summed E-state index contributed by atoms with van der Waals surface area (Å²) in [5.41, 5.74) is 2.58. The number of nitrogens with one attached hydrogen (secondary N) is 1. The van der Waals surface area contributed by atoms with E-state index in [1.54, 1.807) is 16.7 Å². The van der Waals surface area contributed by atoms with E-state index >= 15 is 0 Å². The molecule has 1 amide bonds. The van der Waals surface area contributed by atoms with Gasteiger partial charge >= 0.3 is 0 Å². The van der Waals surface area contributed by atoms with Crippen molar-refractivity contribution < 1.29 is 9.53 Å². The zero-order valence-corrected chi connectivity index (χ0v) is 20.4. The summed E-state index contributed by atoms with van der Waals surface area (Å²) < 4.78 is 7.47. The lowest BCUT2D eigenvalue weighted by atomic mass is 10.1. The highest BCUT2D eigenvalue weighted by Crippen LogP contribution is 2.30. The first-order valence-electron chi connectivity index (χ1n) is 11.0. The molecule has 1 aromatic carbocycles. The number of hydrogen-bond acceptors (Lipinski definition) is 7. The van der Waals surface area contributed by atoms with Gasteiger partial charge in [0.05, 0.1) is 36.3 Å². The van der Waals surface area contributed by atoms with E-state index in [0.717, 1.165) is 40.1 Å². The molecule has 1 atom stereocenters. The predicted octanol–water partition coefficient (Wildman–Crippen LogP) is 4.30. The number of carbonyl (C=O) groups is 1. The number of rotatable bonds is 8. The number of amides is 1. The predicted molar refractivity (Wildman–Crippen MR) is 132 cm³/mol. The molecule has 33 heavy (non-hydrogen) atoms. The van der Waals surface area contributed by atoms with E-state index in [-0.39, 0.29) is 23.3 Å². The number of nitriles is 1. The van der Waals surface area contributed by atoms with Gasteiger partial charge in [0.2, 0.25) is 5.91 Å². The average Bonchev–Trinajstić information content (AvgIpc) is 3.43. The maximum atomic E-state index is 13.5. The molecule has 0 radical (unpaired) electrons. The molecule has 0 saturated carbocycles. The third-order valence-electron chi connectivity index (χ3n) is 5.69. The number of fused-ring (bicyclic) bond motifs is 1. The Labute approximate surface area is 200 Å². The number of ether oxygens (including phenoxy) is 1. The summed E-state index contributed by atoms with van der Waals surface area (Å²) in [4.78, 5) is 32.7. The number of nitrogens with zero attached hydrogens (tertiary/aromatic N) is 3. The van der Waals surface area contributed by atoms with Crippen LogP contribution >= 0.6 is 23.1 Å². The molecule has 1 unspecified atom stereocenters. The first kappa shape index (κ1) is 23.5. The molecule has 4 rings (SSSR count). The van der Waals surface area contributed by atoms with Crippen molar-refractivity contribution in [2.45, 2.75) is 57.3 Å². The largest absolute Gasteiger partial charge is 0.376 e. The molecule has 1 saturated heterocycles. The second kappa shape index (κ2) is 10.5. The zero-order valence-electron chi connectivity index (χ0n) is 18.7. The van der Waals surface area contributed by atoms with E-state index in [9.17, 15) is 9.59 Å². The molecule has 1 fully saturated rings. The van der Waals surface area contributed by atoms with Crippen LogP contribution in [-0.4, -0.2) is 33.9 Å². The summed E-state index contributed by atoms with van der Waals surface area (Å²) in [6.07, 6.45) is 3.02. The molecule has 9 heteroatoms. The minimum Gasteiger partial charge on any atom is -0.376 e. The number of thiophene rings is 1. The van der Waals surface area contributed by atoms with Crippen LogP contribution < -0.4 is 10.9 Å². The third-order valence-corrected chi connectivity index (χ3v) is 7.71. The van der Waals surface area contributed by atoms with E-state index in [2.05, 4.69) is 18.3 Å². The van der Waals surface area contributed by atoms with Crippen molar-refractivity contribution in [1.82, 2.24) is 9.55 Å². The van der Waals surface area contributed by atoms with Crippen molar-refractivity contribution in [3.05, 3.63) is 50.6 Å². The Hall–Kier alpha value is -2.67. The van der Waals surface area contributed by atoms with Crippen molar-refractivity contribution >= 4 is 44.9 Å². The van der Waals surface area contributed by atoms with Crippen LogP contribution in [-0.2, 0) is 28.9 Å². The molecule has 1 N–H and O–H groups in total. The Morgan fingerprint density at radius 1 is 1.39 bits per heavy atom. The minimum atomic E-state index is -0.178. The van der Waals surface area contributed by atoms with E-state index in [1.807, 2.05) is 19.1 Å². The molecule has 3 aromatic rings. The maximum Gasteiger partial charge on any atom is 0.263 e. The van der Waals surface area contributed by atoms with Crippen LogP contribution in [0.25, 0.3) is 10.2 Å². The topological polar surface area (TPSA) is 97.0 Å². The number of thioether (sulfide) groups is 1. The summed E-state index contributed by atoms with van der Waals surface area (Å²) in [6.45, 7) is 5.24. The minimum absolute atomic E-state index is 0.00754. The third kappa shape index (κ3) is 5.29. The van der Waals surface area contributed by atoms with Crippen molar-refractivity contribution in [1.29, 1.82) is 5.26 Å². The zero-order chi connectivity index (χ0) is 23.4. The number of carbonyl (C=O) groups excluding carboxylic acids is 1. The Balaban J connectivity index is 1.56. The first-order valence-corrected chi connectivity index (χ1v) is 12.8. The lowest BCUT2D eigenvalue weighted by molar-refractivity contribution is -0.113. The summed E-state index contributed by atoms with van der Waals surface area (Å²) in [5, 5.41) is 12.9. The summed E-state index contributed by atoms with van der Waals surface area (Å²) >= 11 is 2.80. The van der Waals surface area contributed by atoms with Gasteiger partial charge in [-0.05, 0) is 49.4 Å². The van der Waals surface area contributed by atoms with Crippen molar-refractivity contribution in [2.75, 3.05) is 17.7 Å². The molecule has 7 nitrogen and oxygen atoms in total. The lowest BCUT2D eigenvalue weighted by Gasteiger charge is -2.16. The van der Waals surface area contributed by atoms with Crippen LogP contribution in [0, 0.1) is 18.3 Å². The lowest BCUT2D eigenvalue weighted by Crippen LogP contribution is -2.29. The van der Waals surface area contributed by atoms with Crippen LogP contribution in [0.2, 0.25) is 0 Å². The standard InChI is InChI=1S/C24H26N4O3S2/c1-3-19-15(2)33-22-21(19)23(30)28(13-18-5-4-12-31-18)24(27-22)32-14-20(29)26-17-8-6-16(7-9-17)10-11-25/h6-9,18H,3-5,10,12-14H2,1-2H3,(H,26,29). The summed E-state index contributed by atoms with van der Waals surface area (Å²) in [5.74, 6) is -0.0448. The molecule has 0 bridgehead atoms. The molecule has 3 heterocycles. The van der Waals surface area contributed by atoms with Gasteiger partial charge in [0.15, 0.2) is 5.16 Å². The van der Waals surface area contributed by atoms with Gasteiger partial charge in [-0.25, -0.2) is 4.98 Å². The highest BCUT2D eigenvalue weighted by molar-refractivity contribution is 7.99. The maximum absolute atomic E-state index is 13.5. The highest BCUT2D eigenvalue weighted by Gasteiger charge is 2.23. The molecule has 172 valence electrons. The molecular formula is C24H26N4O3S2. The normalized spacial score (nSPS) is 15.6. The van der Waals surface area contributed by atoms with E-state index in [1.165, 1.54) is 23.1 Å². The van der Waals surface area contributed by atoms with E-state index in [0.29, 0.717) is 35.8 Å². The van der Waals surface area contributed by atoms with Crippen LogP contribution in [0.3, 0.4) is 0 Å². The molecule has 1 aliphatic rings. The average molecular weight is 483 g/mol. The Bertz CT molecular complexity index is 1250. The van der Waals surface area contributed by atoms with E-state index < -0.39 is 0 Å². The van der Waals surface area contributed by atoms with Gasteiger partial charge < -0.3 is 10.1 Å². The van der Waals surface area contributed by atoms with Crippen LogP contribution in [0.15, 0.2) is 34.2 Å². The van der Waals surface area contributed by atoms with Gasteiger partial charge in [0.1, 0.15) is 4.83 Å². The SMILES string of the molecule is CCc1c(C)sc2nc(SCC(=O)Nc3ccc(CC#N)cc3)n(CC3CCCO3)c(=O)c12. The number of anilines is 1. The highest BCUT2D eigenvalue weighted by atomic mass is 32.2. The van der Waals surface area contributed by atoms with Crippen LogP contribution in [0.5, 0.6) is 0 Å². The molecule has 0 spiro atoms. The van der Waals surface area contributed by atoms with E-state index in [4.69, 9.17) is 15.0 Å². The van der Waals surface area contributed by atoms with Gasteiger partial charge in [0, 0.05) is 17.2 Å². The fourth-order valence-corrected chi connectivity index (χ4v) is 6.01. The first-order chi connectivity index (χ1) is 16.0. The van der Waals surface area contributed by atoms with Gasteiger partial charge in [0.25, 0.3) is 5.56 Å². The van der Waals surface area contributed by atoms with Gasteiger partial charge in [-0.2, -0.15) is 5.26 Å². The Kier molecular flexibility index (Phi) is 7.48. The van der Waals surface area contributed by atoms with Crippen molar-refractivity contribution in [3.63, 3.8) is 0 Å². The Morgan fingerprint density at radius 3 is 2.85 bits per heavy atom. The molecular weight excluding hydrogens is 456 g/mol. The van der Waals surface area contributed by atoms with Crippen molar-refractivity contribution in [3.8, 4) is 6.07 Å².